The number of β-amino-alcohol motifs (C(OH)–C–C–N with tert-alkyl or cyclic N) is 1. The normalized spacial score (nSPS) is 26.4. The molecule has 1 aliphatic rings. The van der Waals surface area contributed by atoms with Crippen molar-refractivity contribution in [3.05, 3.63) is 0 Å². The van der Waals surface area contributed by atoms with Gasteiger partial charge in [-0.3, -0.25) is 4.90 Å². The van der Waals surface area contributed by atoms with Crippen molar-refractivity contribution < 1.29 is 10.2 Å². The molecule has 0 bridgehead atoms. The largest absolute Gasteiger partial charge is 0.394 e. The van der Waals surface area contributed by atoms with Crippen LogP contribution in [0.1, 0.15) is 19.3 Å². The highest BCUT2D eigenvalue weighted by atomic mass is 16.3. The molecule has 0 radical (unpaired) electrons. The van der Waals surface area contributed by atoms with Crippen molar-refractivity contribution in [2.75, 3.05) is 33.3 Å². The van der Waals surface area contributed by atoms with Crippen LogP contribution in [0.3, 0.4) is 0 Å². The number of nitrogens with one attached hydrogen (secondary N) is 1. The Bertz CT molecular complexity index is 153. The van der Waals surface area contributed by atoms with E-state index in [2.05, 4.69) is 10.2 Å². The highest BCUT2D eigenvalue weighted by Crippen LogP contribution is 2.16. The third-order valence-corrected chi connectivity index (χ3v) is 2.84. The van der Waals surface area contributed by atoms with Crippen LogP contribution in [0.4, 0.5) is 0 Å². The lowest BCUT2D eigenvalue weighted by Crippen LogP contribution is -2.48. The Labute approximate surface area is 85.9 Å². The van der Waals surface area contributed by atoms with Crippen LogP contribution >= 0.6 is 0 Å². The van der Waals surface area contributed by atoms with Crippen LogP contribution in [0.15, 0.2) is 0 Å². The van der Waals surface area contributed by atoms with E-state index in [0.717, 1.165) is 13.1 Å². The Balaban J connectivity index is 2.37. The number of hydrogen-bond donors (Lipinski definition) is 3. The van der Waals surface area contributed by atoms with Gasteiger partial charge in [-0.25, -0.2) is 0 Å². The maximum Gasteiger partial charge on any atom is 0.0897 e. The van der Waals surface area contributed by atoms with Gasteiger partial charge in [0.05, 0.1) is 12.7 Å². The van der Waals surface area contributed by atoms with E-state index >= 15 is 0 Å². The zero-order chi connectivity index (χ0) is 10.4. The van der Waals surface area contributed by atoms with E-state index in [4.69, 9.17) is 5.11 Å². The molecule has 1 rings (SSSR count). The van der Waals surface area contributed by atoms with E-state index < -0.39 is 6.10 Å². The average molecular weight is 202 g/mol. The molecule has 0 saturated carbocycles. The SMILES string of the molecule is CNCC1CCCCN1CC(O)CO. The number of rotatable bonds is 5. The third kappa shape index (κ3) is 3.53. The van der Waals surface area contributed by atoms with Gasteiger partial charge in [0.1, 0.15) is 0 Å². The Morgan fingerprint density at radius 3 is 2.93 bits per heavy atom. The van der Waals surface area contributed by atoms with Gasteiger partial charge >= 0.3 is 0 Å². The summed E-state index contributed by atoms with van der Waals surface area (Å²) in [6.07, 6.45) is 3.09. The topological polar surface area (TPSA) is 55.7 Å². The standard InChI is InChI=1S/C10H22N2O2/c1-11-6-9-4-2-3-5-12(9)7-10(14)8-13/h9-11,13-14H,2-8H2,1H3. The molecule has 0 aromatic rings. The van der Waals surface area contributed by atoms with Crippen LogP contribution in [-0.4, -0.2) is 60.5 Å². The molecule has 4 nitrogen and oxygen atoms in total. The van der Waals surface area contributed by atoms with E-state index in [-0.39, 0.29) is 6.61 Å². The summed E-state index contributed by atoms with van der Waals surface area (Å²) in [5, 5.41) is 21.3. The number of aliphatic hydroxyl groups excluding tert-OH is 2. The number of piperidine rings is 1. The van der Waals surface area contributed by atoms with E-state index in [1.165, 1.54) is 19.3 Å². The molecule has 0 aromatic carbocycles. The van der Waals surface area contributed by atoms with Gasteiger partial charge in [0.2, 0.25) is 0 Å². The lowest BCUT2D eigenvalue weighted by atomic mass is 10.0. The predicted molar refractivity (Wildman–Crippen MR) is 56.2 cm³/mol. The highest BCUT2D eigenvalue weighted by Gasteiger charge is 2.23. The Hall–Kier alpha value is -0.160. The van der Waals surface area contributed by atoms with E-state index in [9.17, 15) is 5.11 Å². The zero-order valence-electron chi connectivity index (χ0n) is 8.95. The fraction of sp³-hybridized carbons (Fsp3) is 1.00. The van der Waals surface area contributed by atoms with Crippen molar-refractivity contribution >= 4 is 0 Å². The smallest absolute Gasteiger partial charge is 0.0897 e. The maximum absolute atomic E-state index is 9.38. The molecular formula is C10H22N2O2. The molecule has 0 aliphatic carbocycles. The van der Waals surface area contributed by atoms with Crippen molar-refractivity contribution in [2.24, 2.45) is 0 Å². The van der Waals surface area contributed by atoms with E-state index in [0.29, 0.717) is 12.6 Å². The van der Waals surface area contributed by atoms with Crippen molar-refractivity contribution in [1.29, 1.82) is 0 Å². The summed E-state index contributed by atoms with van der Waals surface area (Å²) < 4.78 is 0. The lowest BCUT2D eigenvalue weighted by molar-refractivity contribution is 0.0336. The van der Waals surface area contributed by atoms with Crippen LogP contribution in [0.25, 0.3) is 0 Å². The lowest BCUT2D eigenvalue weighted by Gasteiger charge is -2.36. The molecule has 4 heteroatoms. The molecule has 2 atom stereocenters. The third-order valence-electron chi connectivity index (χ3n) is 2.84. The molecule has 14 heavy (non-hydrogen) atoms. The van der Waals surface area contributed by atoms with Crippen molar-refractivity contribution in [2.45, 2.75) is 31.4 Å². The molecule has 0 amide bonds. The second-order valence-electron chi connectivity index (χ2n) is 4.04. The molecule has 1 fully saturated rings. The number of likely N-dealkylation sites (N-methyl/N-ethyl adjacent to an activating group) is 1. The van der Waals surface area contributed by atoms with Crippen LogP contribution in [-0.2, 0) is 0 Å². The Kier molecular flexibility index (Phi) is 5.40. The first-order valence-electron chi connectivity index (χ1n) is 5.45. The number of nitrogens with zero attached hydrogens (tertiary/aromatic N) is 1. The molecule has 1 aliphatic heterocycles. The number of aliphatic hydroxyl groups is 2. The number of hydrogen-bond acceptors (Lipinski definition) is 4. The monoisotopic (exact) mass is 202 g/mol. The molecule has 1 saturated heterocycles. The summed E-state index contributed by atoms with van der Waals surface area (Å²) in [4.78, 5) is 2.28. The van der Waals surface area contributed by atoms with Gasteiger partial charge in [-0.15, -0.1) is 0 Å². The molecule has 2 unspecified atom stereocenters. The Morgan fingerprint density at radius 1 is 1.50 bits per heavy atom. The van der Waals surface area contributed by atoms with Gasteiger partial charge in [0.25, 0.3) is 0 Å². The fourth-order valence-electron chi connectivity index (χ4n) is 2.10. The average Bonchev–Trinajstić information content (AvgIpc) is 2.21. The fourth-order valence-corrected chi connectivity index (χ4v) is 2.10. The summed E-state index contributed by atoms with van der Waals surface area (Å²) in [5.74, 6) is 0. The van der Waals surface area contributed by atoms with Crippen molar-refractivity contribution in [1.82, 2.24) is 10.2 Å². The first-order chi connectivity index (χ1) is 6.77. The summed E-state index contributed by atoms with van der Waals surface area (Å²) in [6, 6.07) is 0.523. The summed E-state index contributed by atoms with van der Waals surface area (Å²) in [6.45, 7) is 2.48. The Morgan fingerprint density at radius 2 is 2.29 bits per heavy atom. The van der Waals surface area contributed by atoms with Gasteiger partial charge in [-0.2, -0.15) is 0 Å². The number of likely N-dealkylation sites (tertiary alicyclic amines) is 1. The van der Waals surface area contributed by atoms with Gasteiger partial charge in [-0.1, -0.05) is 6.42 Å². The molecule has 3 N–H and O–H groups in total. The van der Waals surface area contributed by atoms with Crippen LogP contribution in [0, 0.1) is 0 Å². The second kappa shape index (κ2) is 6.35. The first kappa shape index (κ1) is 11.9. The quantitative estimate of drug-likeness (QED) is 0.558. The second-order valence-corrected chi connectivity index (χ2v) is 4.04. The van der Waals surface area contributed by atoms with Crippen molar-refractivity contribution in [3.8, 4) is 0 Å². The highest BCUT2D eigenvalue weighted by molar-refractivity contribution is 4.79. The minimum atomic E-state index is -0.590. The minimum Gasteiger partial charge on any atom is -0.394 e. The van der Waals surface area contributed by atoms with E-state index in [1.54, 1.807) is 0 Å². The first-order valence-corrected chi connectivity index (χ1v) is 5.45. The van der Waals surface area contributed by atoms with Crippen LogP contribution in [0.5, 0.6) is 0 Å². The van der Waals surface area contributed by atoms with Crippen molar-refractivity contribution in [3.63, 3.8) is 0 Å². The van der Waals surface area contributed by atoms with Gasteiger partial charge in [0.15, 0.2) is 0 Å². The van der Waals surface area contributed by atoms with Gasteiger partial charge < -0.3 is 15.5 Å². The predicted octanol–water partition coefficient (Wildman–Crippen LogP) is -0.587. The van der Waals surface area contributed by atoms with Gasteiger partial charge in [0, 0.05) is 19.1 Å². The van der Waals surface area contributed by atoms with Crippen LogP contribution < -0.4 is 5.32 Å². The summed E-state index contributed by atoms with van der Waals surface area (Å²) >= 11 is 0. The minimum absolute atomic E-state index is 0.136. The molecule has 0 spiro atoms. The van der Waals surface area contributed by atoms with Crippen LogP contribution in [0.2, 0.25) is 0 Å². The van der Waals surface area contributed by atoms with E-state index in [1.807, 2.05) is 7.05 Å². The molecule has 84 valence electrons. The molecule has 0 aromatic heterocycles. The zero-order valence-corrected chi connectivity index (χ0v) is 8.95. The summed E-state index contributed by atoms with van der Waals surface area (Å²) in [5.41, 5.74) is 0. The molecule has 1 heterocycles. The summed E-state index contributed by atoms with van der Waals surface area (Å²) in [7, 11) is 1.95. The van der Waals surface area contributed by atoms with Gasteiger partial charge in [-0.05, 0) is 26.4 Å². The molecular weight excluding hydrogens is 180 g/mol. The maximum atomic E-state index is 9.38.